The van der Waals surface area contributed by atoms with Gasteiger partial charge in [-0.1, -0.05) is 41.5 Å². The lowest BCUT2D eigenvalue weighted by Crippen LogP contribution is -2.67. The highest BCUT2D eigenvalue weighted by atomic mass is 32.2. The molecule has 0 spiro atoms. The van der Waals surface area contributed by atoms with Crippen LogP contribution in [0.2, 0.25) is 0 Å². The summed E-state index contributed by atoms with van der Waals surface area (Å²) in [5.74, 6) is -22.1. The number of hydrogen-bond donors (Lipinski definition) is 28. The van der Waals surface area contributed by atoms with Gasteiger partial charge in [-0.05, 0) is 83.1 Å². The molecule has 3 saturated heterocycles. The highest BCUT2D eigenvalue weighted by molar-refractivity contribution is 8.00. The number of nitrogens with one attached hydrogen (secondary N) is 13. The molecule has 3 heterocycles. The lowest BCUT2D eigenvalue weighted by Gasteiger charge is -2.46. The fourth-order valence-corrected chi connectivity index (χ4v) is 13.7. The standard InChI is InChI=1S/C72H123N21O30S/c1-28(2)19-37(86-60(111)36(14-12-18-79-72(77)78)84-59(110)32(8)81-67(118)49(29(3)4)82-33(9)98)63(114)89-39(23-94)64(115)90-41(27-124-44-21-48(102)93(70(44)120)22-47(101)91-69-54(106)53(105)56(43(26-97)121-69)123-71-55(107)52(104)51(103)42(25-96)122-71)66(117)85-35(13-10-11-17-73)61(112)88-40(24-95)65(116)92-50(30(5)6)68(119)87-38(20-46(75)100)62(113)80-31(7)58(109)83-34(57(76)108)15-16-45(74)99/h28-32,34-44,49-56,69,71,94-97,103-107H,10-27,73H2,1-9H3,(H2,74,99)(H2,75,100)(H2,76,108)(H,80,113)(H,81,118)(H,82,98)(H,83,109)(H,84,110)(H,85,117)(H,86,111)(H,87,119)(H,88,112)(H,89,114)(H,90,115)(H,91,101)(H,92,116)(H4,77,78,79)/t31-,32-,34-,35-,36-,37-,38-,39-,40-,41-,42+,43+,44?,49-,50-,51-,52-,53+,54+,55+,56+,69+,71-/m0/s1. The third-order valence-corrected chi connectivity index (χ3v) is 20.8. The van der Waals surface area contributed by atoms with E-state index in [1.54, 1.807) is 27.7 Å². The molecule has 3 aliphatic rings. The van der Waals surface area contributed by atoms with Gasteiger partial charge in [0, 0.05) is 32.1 Å². The number of guanidine groups is 1. The third-order valence-electron chi connectivity index (χ3n) is 19.5. The van der Waals surface area contributed by atoms with Crippen LogP contribution in [0.1, 0.15) is 127 Å². The minimum absolute atomic E-state index is 0.00472. The number of carbonyl (C=O) groups excluding carboxylic acids is 18. The second kappa shape index (κ2) is 52.5. The second-order valence-electron chi connectivity index (χ2n) is 30.9. The van der Waals surface area contributed by atoms with Gasteiger partial charge in [0.2, 0.25) is 106 Å². The summed E-state index contributed by atoms with van der Waals surface area (Å²) < 4.78 is 16.5. The van der Waals surface area contributed by atoms with Crippen molar-refractivity contribution < 1.29 is 146 Å². The van der Waals surface area contributed by atoms with Crippen molar-refractivity contribution in [2.45, 2.75) is 266 Å². The van der Waals surface area contributed by atoms with E-state index in [0.29, 0.717) is 16.7 Å². The van der Waals surface area contributed by atoms with Crippen LogP contribution in [0.3, 0.4) is 0 Å². The molecule has 0 aromatic heterocycles. The van der Waals surface area contributed by atoms with Crippen molar-refractivity contribution in [3.8, 4) is 0 Å². The highest BCUT2D eigenvalue weighted by Gasteiger charge is 2.52. The minimum atomic E-state index is -2.15. The lowest BCUT2D eigenvalue weighted by atomic mass is 9.96. The summed E-state index contributed by atoms with van der Waals surface area (Å²) in [6.45, 7) is 7.41. The fourth-order valence-electron chi connectivity index (χ4n) is 12.5. The van der Waals surface area contributed by atoms with Gasteiger partial charge in [-0.15, -0.1) is 11.8 Å². The van der Waals surface area contributed by atoms with E-state index in [1.807, 2.05) is 0 Å². The maximum absolute atomic E-state index is 14.9. The Balaban J connectivity index is 2.04. The summed E-state index contributed by atoms with van der Waals surface area (Å²) in [5, 5.41) is 124. The van der Waals surface area contributed by atoms with Crippen molar-refractivity contribution in [3.05, 3.63) is 0 Å². The molecule has 18 amide bonds. The molecule has 3 fully saturated rings. The van der Waals surface area contributed by atoms with Crippen molar-refractivity contribution >= 4 is 124 Å². The number of amides is 18. The van der Waals surface area contributed by atoms with E-state index in [-0.39, 0.29) is 70.4 Å². The van der Waals surface area contributed by atoms with Gasteiger partial charge in [0.25, 0.3) is 0 Å². The van der Waals surface area contributed by atoms with Gasteiger partial charge >= 0.3 is 0 Å². The Hall–Kier alpha value is -10.2. The van der Waals surface area contributed by atoms with E-state index < -0.39 is 315 Å². The summed E-state index contributed by atoms with van der Waals surface area (Å²) in [5.41, 5.74) is 32.7. The Morgan fingerprint density at radius 2 is 0.968 bits per heavy atom. The van der Waals surface area contributed by atoms with Crippen molar-refractivity contribution in [3.63, 3.8) is 0 Å². The number of nitrogens with zero attached hydrogens (tertiary/aromatic N) is 2. The van der Waals surface area contributed by atoms with Gasteiger partial charge in [-0.2, -0.15) is 0 Å². The Bertz CT molecular complexity index is 3730. The van der Waals surface area contributed by atoms with Gasteiger partial charge in [0.05, 0.1) is 38.1 Å². The zero-order valence-corrected chi connectivity index (χ0v) is 70.9. The number of aliphatic hydroxyl groups is 9. The average Bonchev–Trinajstić information content (AvgIpc) is 0.804. The first-order valence-electron chi connectivity index (χ1n) is 39.8. The van der Waals surface area contributed by atoms with E-state index >= 15 is 0 Å². The Morgan fingerprint density at radius 1 is 0.500 bits per heavy atom. The number of primary amides is 3. The zero-order chi connectivity index (χ0) is 94.0. The summed E-state index contributed by atoms with van der Waals surface area (Å²) in [6.07, 6.45) is -21.7. The zero-order valence-electron chi connectivity index (χ0n) is 70.1. The van der Waals surface area contributed by atoms with Crippen LogP contribution in [0.15, 0.2) is 4.99 Å². The van der Waals surface area contributed by atoms with Crippen molar-refractivity contribution in [2.24, 2.45) is 57.1 Å². The topological polar surface area (TPSA) is 845 Å². The van der Waals surface area contributed by atoms with Crippen LogP contribution in [0, 0.1) is 17.8 Å². The first-order valence-corrected chi connectivity index (χ1v) is 40.9. The van der Waals surface area contributed by atoms with E-state index in [4.69, 9.17) is 48.6 Å². The van der Waals surface area contributed by atoms with Gasteiger partial charge in [-0.25, -0.2) is 0 Å². The number of unbranched alkanes of at least 4 members (excludes halogenated alkanes) is 1. The van der Waals surface area contributed by atoms with Gasteiger partial charge in [0.1, 0.15) is 128 Å². The van der Waals surface area contributed by atoms with Gasteiger partial charge in [0.15, 0.2) is 18.5 Å². The molecule has 51 nitrogen and oxygen atoms in total. The Labute approximate surface area is 716 Å². The molecule has 52 heteroatoms. The van der Waals surface area contributed by atoms with Crippen LogP contribution >= 0.6 is 11.8 Å². The van der Waals surface area contributed by atoms with Crippen LogP contribution in [0.5, 0.6) is 0 Å². The Kier molecular flexibility index (Phi) is 45.7. The molecule has 34 N–H and O–H groups in total. The molecular weight excluding hydrogens is 1670 g/mol. The predicted octanol–water partition coefficient (Wildman–Crippen LogP) is -15.4. The van der Waals surface area contributed by atoms with Crippen LogP contribution in [0.25, 0.3) is 0 Å². The fraction of sp³-hybridized carbons (Fsp3) is 0.736. The molecule has 0 aliphatic carbocycles. The maximum atomic E-state index is 14.9. The van der Waals surface area contributed by atoms with Crippen LogP contribution in [0.4, 0.5) is 0 Å². The highest BCUT2D eigenvalue weighted by Crippen LogP contribution is 2.30. The molecule has 0 aromatic rings. The number of ether oxygens (including phenoxy) is 3. The molecule has 0 saturated carbocycles. The quantitative estimate of drug-likeness (QED) is 0.0116. The first-order chi connectivity index (χ1) is 58.1. The molecular formula is C72H123N21O30S. The van der Waals surface area contributed by atoms with Crippen LogP contribution in [-0.2, 0) is 101 Å². The first kappa shape index (κ1) is 108. The smallest absolute Gasteiger partial charge is 0.245 e. The number of likely N-dealkylation sites (tertiary alicyclic amines) is 1. The number of thioether (sulfide) groups is 1. The van der Waals surface area contributed by atoms with Crippen LogP contribution in [-0.4, -0.2) is 354 Å². The predicted molar refractivity (Wildman–Crippen MR) is 430 cm³/mol. The molecule has 702 valence electrons. The molecule has 3 aliphatic heterocycles. The molecule has 0 aromatic carbocycles. The monoisotopic (exact) mass is 1790 g/mol. The van der Waals surface area contributed by atoms with Crippen molar-refractivity contribution in [1.29, 1.82) is 0 Å². The van der Waals surface area contributed by atoms with Gasteiger partial charge in [-0.3, -0.25) is 96.2 Å². The summed E-state index contributed by atoms with van der Waals surface area (Å²) in [6, 6.07) is -19.8. The number of imide groups is 1. The minimum Gasteiger partial charge on any atom is -0.394 e. The molecule has 0 radical (unpaired) electrons. The van der Waals surface area contributed by atoms with Crippen molar-refractivity contribution in [1.82, 2.24) is 74.0 Å². The van der Waals surface area contributed by atoms with E-state index in [1.165, 1.54) is 27.7 Å². The number of hydrogen-bond acceptors (Lipinski definition) is 33. The maximum Gasteiger partial charge on any atom is 0.245 e. The van der Waals surface area contributed by atoms with E-state index in [0.717, 1.165) is 6.92 Å². The number of aliphatic hydroxyl groups excluding tert-OH is 9. The number of aliphatic imine (C=N–C) groups is 1. The molecule has 124 heavy (non-hydrogen) atoms. The molecule has 3 rings (SSSR count). The Morgan fingerprint density at radius 3 is 1.48 bits per heavy atom. The van der Waals surface area contributed by atoms with Crippen LogP contribution < -0.4 is 104 Å². The number of rotatable bonds is 53. The molecule has 0 bridgehead atoms. The van der Waals surface area contributed by atoms with Gasteiger partial charge < -0.3 is 164 Å². The number of carbonyl (C=O) groups is 18. The lowest BCUT2D eigenvalue weighted by molar-refractivity contribution is -0.343. The largest absolute Gasteiger partial charge is 0.394 e. The van der Waals surface area contributed by atoms with Crippen molar-refractivity contribution in [2.75, 3.05) is 51.8 Å². The third kappa shape index (κ3) is 34.4. The second-order valence-corrected chi connectivity index (χ2v) is 32.1. The molecule has 23 atom stereocenters. The molecule has 1 unspecified atom stereocenters. The average molecular weight is 1790 g/mol. The van der Waals surface area contributed by atoms with E-state index in [9.17, 15) is 132 Å². The summed E-state index contributed by atoms with van der Waals surface area (Å²) in [4.78, 5) is 248. The normalized spacial score (nSPS) is 23.0. The van der Waals surface area contributed by atoms with E-state index in [2.05, 4.69) is 74.1 Å². The number of nitrogens with two attached hydrogens (primary N) is 6. The summed E-state index contributed by atoms with van der Waals surface area (Å²) >= 11 is 0.502. The summed E-state index contributed by atoms with van der Waals surface area (Å²) in [7, 11) is 0. The SMILES string of the molecule is CC(=O)N[C@H](C(=O)N[C@@H](C)C(=O)N[C@@H](CCCN=C(N)N)C(=O)N[C@@H](CC(C)C)C(=O)N[C@@H](CO)C(=O)N[C@@H](CSC1CC(=O)N(CC(=O)N[C@@H]2O[C@H](CO)[C@@H](O[C@@H]3O[C@H](CO)[C@H](O)[C@H](O)[C@H]3O)[C@H](O)[C@H]2O)C1=O)C(=O)N[C@@H](CCCCN)C(=O)N[C@@H](CO)C(=O)N[C@H](C(=O)N[C@@H](CC(N)=O)C(=O)N[C@@H](C)C(=O)N[C@@H](CCC(N)=O)C(N)=O)C(C)C)C(C)C.